The van der Waals surface area contributed by atoms with Crippen LogP contribution in [0.4, 0.5) is 0 Å². The van der Waals surface area contributed by atoms with Crippen molar-refractivity contribution in [3.8, 4) is 11.4 Å². The highest BCUT2D eigenvalue weighted by atomic mass is 35.5. The van der Waals surface area contributed by atoms with Crippen LogP contribution in [-0.2, 0) is 0 Å². The number of nitrogens with one attached hydrogen (secondary N) is 1. The number of benzene rings is 1. The molecule has 4 nitrogen and oxygen atoms in total. The second-order valence-electron chi connectivity index (χ2n) is 4.47. The molecule has 1 N–H and O–H groups in total. The molecule has 1 aromatic carbocycles. The molecule has 1 aromatic heterocycles. The smallest absolute Gasteiger partial charge is 0.244 e. The van der Waals surface area contributed by atoms with E-state index in [9.17, 15) is 0 Å². The van der Waals surface area contributed by atoms with Gasteiger partial charge < -0.3 is 9.84 Å². The molecule has 18 heavy (non-hydrogen) atoms. The summed E-state index contributed by atoms with van der Waals surface area (Å²) in [5, 5.41) is 8.08. The van der Waals surface area contributed by atoms with E-state index in [-0.39, 0.29) is 6.04 Å². The van der Waals surface area contributed by atoms with Gasteiger partial charge in [0.25, 0.3) is 0 Å². The molecule has 2 heterocycles. The highest BCUT2D eigenvalue weighted by Crippen LogP contribution is 2.25. The van der Waals surface area contributed by atoms with Crippen molar-refractivity contribution >= 4 is 11.6 Å². The van der Waals surface area contributed by atoms with Gasteiger partial charge in [0, 0.05) is 10.6 Å². The van der Waals surface area contributed by atoms with Crippen molar-refractivity contribution in [3.05, 3.63) is 35.2 Å². The monoisotopic (exact) mass is 263 g/mol. The Morgan fingerprint density at radius 1 is 1.33 bits per heavy atom. The van der Waals surface area contributed by atoms with Gasteiger partial charge in [-0.05, 0) is 31.5 Å². The van der Waals surface area contributed by atoms with Crippen LogP contribution in [-0.4, -0.2) is 16.7 Å². The molecule has 0 aliphatic carbocycles. The van der Waals surface area contributed by atoms with Crippen LogP contribution >= 0.6 is 11.6 Å². The number of nitrogens with zero attached hydrogens (tertiary/aromatic N) is 2. The lowest BCUT2D eigenvalue weighted by atomic mass is 10.1. The molecule has 1 atom stereocenters. The fourth-order valence-electron chi connectivity index (χ4n) is 2.18. The minimum atomic E-state index is 0.194. The Kier molecular flexibility index (Phi) is 3.30. The van der Waals surface area contributed by atoms with E-state index in [1.807, 2.05) is 24.3 Å². The zero-order chi connectivity index (χ0) is 12.4. The zero-order valence-electron chi connectivity index (χ0n) is 9.90. The molecule has 1 saturated heterocycles. The van der Waals surface area contributed by atoms with Gasteiger partial charge in [0.15, 0.2) is 0 Å². The maximum absolute atomic E-state index is 5.95. The van der Waals surface area contributed by atoms with Gasteiger partial charge in [-0.3, -0.25) is 0 Å². The van der Waals surface area contributed by atoms with E-state index in [2.05, 4.69) is 15.5 Å². The number of hydrogen-bond donors (Lipinski definition) is 1. The molecule has 0 bridgehead atoms. The van der Waals surface area contributed by atoms with Gasteiger partial charge in [-0.25, -0.2) is 0 Å². The summed E-state index contributed by atoms with van der Waals surface area (Å²) in [7, 11) is 0. The summed E-state index contributed by atoms with van der Waals surface area (Å²) < 4.78 is 5.33. The normalized spacial score (nSPS) is 19.9. The summed E-state index contributed by atoms with van der Waals surface area (Å²) in [6, 6.07) is 7.67. The Labute approximate surface area is 110 Å². The summed E-state index contributed by atoms with van der Waals surface area (Å²) in [5.74, 6) is 1.27. The fraction of sp³-hybridized carbons (Fsp3) is 0.385. The van der Waals surface area contributed by atoms with Crippen LogP contribution in [0.2, 0.25) is 5.02 Å². The van der Waals surface area contributed by atoms with Crippen LogP contribution in [0.15, 0.2) is 28.8 Å². The topological polar surface area (TPSA) is 51.0 Å². The van der Waals surface area contributed by atoms with Gasteiger partial charge >= 0.3 is 0 Å². The van der Waals surface area contributed by atoms with Gasteiger partial charge in [0.1, 0.15) is 0 Å². The lowest BCUT2D eigenvalue weighted by Crippen LogP contribution is -2.26. The minimum absolute atomic E-state index is 0.194. The average Bonchev–Trinajstić information content (AvgIpc) is 2.89. The molecule has 0 saturated carbocycles. The summed E-state index contributed by atoms with van der Waals surface area (Å²) in [4.78, 5) is 4.45. The van der Waals surface area contributed by atoms with Crippen LogP contribution in [0.5, 0.6) is 0 Å². The summed E-state index contributed by atoms with van der Waals surface area (Å²) in [6.45, 7) is 1.01. The first-order chi connectivity index (χ1) is 8.83. The average molecular weight is 264 g/mol. The van der Waals surface area contributed by atoms with E-state index >= 15 is 0 Å². The highest BCUT2D eigenvalue weighted by molar-refractivity contribution is 6.30. The molecule has 1 fully saturated rings. The molecular formula is C13H14ClN3O. The third-order valence-corrected chi connectivity index (χ3v) is 3.37. The number of piperidine rings is 1. The van der Waals surface area contributed by atoms with Crippen molar-refractivity contribution in [3.63, 3.8) is 0 Å². The molecule has 0 spiro atoms. The zero-order valence-corrected chi connectivity index (χ0v) is 10.7. The lowest BCUT2D eigenvalue weighted by Gasteiger charge is -2.19. The van der Waals surface area contributed by atoms with Gasteiger partial charge in [-0.15, -0.1) is 0 Å². The predicted molar refractivity (Wildman–Crippen MR) is 69.3 cm³/mol. The van der Waals surface area contributed by atoms with Gasteiger partial charge in [-0.2, -0.15) is 4.98 Å². The molecular weight excluding hydrogens is 250 g/mol. The van der Waals surface area contributed by atoms with E-state index in [1.165, 1.54) is 12.8 Å². The van der Waals surface area contributed by atoms with Crippen LogP contribution in [0, 0.1) is 0 Å². The van der Waals surface area contributed by atoms with Gasteiger partial charge in [0.2, 0.25) is 11.7 Å². The van der Waals surface area contributed by atoms with Crippen LogP contribution < -0.4 is 5.32 Å². The number of aromatic nitrogens is 2. The quantitative estimate of drug-likeness (QED) is 0.904. The summed E-state index contributed by atoms with van der Waals surface area (Å²) >= 11 is 5.95. The van der Waals surface area contributed by atoms with Crippen LogP contribution in [0.3, 0.4) is 0 Å². The molecule has 0 unspecified atom stereocenters. The first-order valence-electron chi connectivity index (χ1n) is 6.16. The molecule has 1 aliphatic heterocycles. The third-order valence-electron chi connectivity index (χ3n) is 3.13. The van der Waals surface area contributed by atoms with Gasteiger partial charge in [-0.1, -0.05) is 35.3 Å². The van der Waals surface area contributed by atoms with Crippen LogP contribution in [0.1, 0.15) is 31.2 Å². The summed E-state index contributed by atoms with van der Waals surface area (Å²) in [6.07, 6.45) is 3.47. The summed E-state index contributed by atoms with van der Waals surface area (Å²) in [5.41, 5.74) is 0.883. The number of halogens is 1. The first kappa shape index (κ1) is 11.7. The number of rotatable bonds is 2. The van der Waals surface area contributed by atoms with Crippen molar-refractivity contribution in [2.24, 2.45) is 0 Å². The first-order valence-corrected chi connectivity index (χ1v) is 6.53. The molecule has 0 radical (unpaired) electrons. The van der Waals surface area contributed by atoms with E-state index in [0.717, 1.165) is 18.5 Å². The van der Waals surface area contributed by atoms with Crippen LogP contribution in [0.25, 0.3) is 11.4 Å². The highest BCUT2D eigenvalue weighted by Gasteiger charge is 2.21. The second kappa shape index (κ2) is 5.08. The Morgan fingerprint density at radius 3 is 3.06 bits per heavy atom. The molecule has 0 amide bonds. The standard InChI is InChI=1S/C13H14ClN3O/c14-10-5-3-4-9(8-10)12-16-13(18-17-12)11-6-1-2-7-15-11/h3-5,8,11,15H,1-2,6-7H2/t11-/m1/s1. The van der Waals surface area contributed by atoms with E-state index in [1.54, 1.807) is 0 Å². The molecule has 94 valence electrons. The number of hydrogen-bond acceptors (Lipinski definition) is 4. The maximum Gasteiger partial charge on any atom is 0.244 e. The SMILES string of the molecule is Clc1cccc(-c2noc([C@H]3CCCCN3)n2)c1. The lowest BCUT2D eigenvalue weighted by molar-refractivity contribution is 0.297. The second-order valence-corrected chi connectivity index (χ2v) is 4.91. The van der Waals surface area contributed by atoms with Crippen molar-refractivity contribution in [1.82, 2.24) is 15.5 Å². The van der Waals surface area contributed by atoms with Gasteiger partial charge in [0.05, 0.1) is 6.04 Å². The largest absolute Gasteiger partial charge is 0.337 e. The fourth-order valence-corrected chi connectivity index (χ4v) is 2.37. The molecule has 1 aliphatic rings. The Balaban J connectivity index is 1.84. The predicted octanol–water partition coefficient (Wildman–Crippen LogP) is 3.20. The van der Waals surface area contributed by atoms with E-state index in [0.29, 0.717) is 16.7 Å². The Hall–Kier alpha value is -1.39. The van der Waals surface area contributed by atoms with Crippen molar-refractivity contribution in [2.75, 3.05) is 6.54 Å². The third kappa shape index (κ3) is 2.40. The van der Waals surface area contributed by atoms with Crippen molar-refractivity contribution < 1.29 is 4.52 Å². The van der Waals surface area contributed by atoms with Crippen molar-refractivity contribution in [2.45, 2.75) is 25.3 Å². The van der Waals surface area contributed by atoms with E-state index in [4.69, 9.17) is 16.1 Å². The molecule has 3 rings (SSSR count). The van der Waals surface area contributed by atoms with Crippen molar-refractivity contribution in [1.29, 1.82) is 0 Å². The molecule has 5 heteroatoms. The molecule has 2 aromatic rings. The maximum atomic E-state index is 5.95. The van der Waals surface area contributed by atoms with E-state index < -0.39 is 0 Å². The Bertz CT molecular complexity index is 535. The minimum Gasteiger partial charge on any atom is -0.337 e. The Morgan fingerprint density at radius 2 is 2.28 bits per heavy atom.